The van der Waals surface area contributed by atoms with Gasteiger partial charge in [-0.1, -0.05) is 49.0 Å². The highest BCUT2D eigenvalue weighted by Crippen LogP contribution is 2.21. The smallest absolute Gasteiger partial charge is 0.244 e. The van der Waals surface area contributed by atoms with Crippen LogP contribution in [0.4, 0.5) is 11.8 Å². The van der Waals surface area contributed by atoms with Crippen molar-refractivity contribution in [2.24, 2.45) is 0 Å². The third-order valence-electron chi connectivity index (χ3n) is 3.34. The number of nitrogens with zero attached hydrogens (tertiary/aromatic N) is 3. The molecule has 124 valence electrons. The molecule has 5 nitrogen and oxygen atoms in total. The van der Waals surface area contributed by atoms with E-state index in [1.165, 1.54) is 12.8 Å². The minimum absolute atomic E-state index is 0.510. The van der Waals surface area contributed by atoms with Gasteiger partial charge in [0, 0.05) is 23.1 Å². The van der Waals surface area contributed by atoms with Crippen LogP contribution in [0.2, 0.25) is 10.0 Å². The van der Waals surface area contributed by atoms with Crippen LogP contribution >= 0.6 is 23.2 Å². The molecule has 0 fully saturated rings. The van der Waals surface area contributed by atoms with Crippen molar-refractivity contribution in [1.82, 2.24) is 15.2 Å². The average molecular weight is 354 g/mol. The van der Waals surface area contributed by atoms with Crippen molar-refractivity contribution in [2.75, 3.05) is 23.7 Å². The van der Waals surface area contributed by atoms with Gasteiger partial charge in [-0.15, -0.1) is 5.10 Å². The Bertz CT molecular complexity index is 621. The molecule has 1 aromatic heterocycles. The molecule has 1 heterocycles. The van der Waals surface area contributed by atoms with E-state index >= 15 is 0 Å². The molecule has 0 aliphatic heterocycles. The van der Waals surface area contributed by atoms with Gasteiger partial charge < -0.3 is 10.6 Å². The summed E-state index contributed by atoms with van der Waals surface area (Å²) in [5, 5.41) is 15.7. The van der Waals surface area contributed by atoms with Crippen LogP contribution in [0.3, 0.4) is 0 Å². The Labute approximate surface area is 146 Å². The third kappa shape index (κ3) is 6.20. The van der Waals surface area contributed by atoms with Gasteiger partial charge in [-0.2, -0.15) is 10.1 Å². The summed E-state index contributed by atoms with van der Waals surface area (Å²) in [6, 6.07) is 5.51. The number of nitrogens with one attached hydrogen (secondary N) is 2. The molecule has 0 atom stereocenters. The Kier molecular flexibility index (Phi) is 7.36. The van der Waals surface area contributed by atoms with Crippen molar-refractivity contribution in [3.63, 3.8) is 0 Å². The highest BCUT2D eigenvalue weighted by molar-refractivity contribution is 6.35. The summed E-state index contributed by atoms with van der Waals surface area (Å²) in [5.41, 5.74) is 1.03. The van der Waals surface area contributed by atoms with Crippen LogP contribution in [0.1, 0.15) is 31.7 Å². The Balaban J connectivity index is 1.81. The first-order valence-electron chi connectivity index (χ1n) is 7.80. The van der Waals surface area contributed by atoms with Gasteiger partial charge >= 0.3 is 0 Å². The van der Waals surface area contributed by atoms with Gasteiger partial charge in [-0.25, -0.2) is 0 Å². The third-order valence-corrected chi connectivity index (χ3v) is 3.92. The highest BCUT2D eigenvalue weighted by atomic mass is 35.5. The van der Waals surface area contributed by atoms with Crippen molar-refractivity contribution in [2.45, 2.75) is 32.6 Å². The lowest BCUT2D eigenvalue weighted by molar-refractivity contribution is 0.741. The van der Waals surface area contributed by atoms with Gasteiger partial charge in [-0.05, 0) is 30.5 Å². The molecule has 0 spiro atoms. The molecule has 2 aromatic rings. The van der Waals surface area contributed by atoms with Gasteiger partial charge in [0.15, 0.2) is 0 Å². The number of aromatic nitrogens is 3. The summed E-state index contributed by atoms with van der Waals surface area (Å²) < 4.78 is 0. The zero-order valence-corrected chi connectivity index (χ0v) is 14.7. The highest BCUT2D eigenvalue weighted by Gasteiger charge is 2.03. The van der Waals surface area contributed by atoms with E-state index in [1.807, 2.05) is 12.1 Å². The number of unbranched alkanes of at least 4 members (excludes halogenated alkanes) is 2. The monoisotopic (exact) mass is 353 g/mol. The molecule has 0 bridgehead atoms. The molecule has 0 aliphatic rings. The number of anilines is 2. The van der Waals surface area contributed by atoms with E-state index in [0.29, 0.717) is 22.5 Å². The summed E-state index contributed by atoms with van der Waals surface area (Å²) in [5.74, 6) is 1.25. The molecule has 7 heteroatoms. The average Bonchev–Trinajstić information content (AvgIpc) is 2.54. The second kappa shape index (κ2) is 9.53. The molecule has 0 radical (unpaired) electrons. The van der Waals surface area contributed by atoms with Crippen LogP contribution in [0.25, 0.3) is 0 Å². The van der Waals surface area contributed by atoms with Crippen LogP contribution in [-0.4, -0.2) is 28.3 Å². The summed E-state index contributed by atoms with van der Waals surface area (Å²) in [6.45, 7) is 3.75. The standard InChI is InChI=1S/C16H21Cl2N5/c1-2-3-4-8-19-15-11-21-23-16(22-15)20-9-7-12-5-6-13(17)10-14(12)18/h5-6,10-11H,2-4,7-9H2,1H3,(H2,19,20,22,23). The van der Waals surface area contributed by atoms with E-state index in [2.05, 4.69) is 32.7 Å². The fourth-order valence-electron chi connectivity index (χ4n) is 2.09. The Morgan fingerprint density at radius 2 is 1.96 bits per heavy atom. The van der Waals surface area contributed by atoms with Gasteiger partial charge in [-0.3, -0.25) is 0 Å². The fraction of sp³-hybridized carbons (Fsp3) is 0.438. The predicted octanol–water partition coefficient (Wildman–Crippen LogP) is 4.44. The second-order valence-corrected chi connectivity index (χ2v) is 6.06. The normalized spacial score (nSPS) is 10.6. The van der Waals surface area contributed by atoms with Crippen molar-refractivity contribution in [1.29, 1.82) is 0 Å². The first kappa shape index (κ1) is 17.8. The minimum Gasteiger partial charge on any atom is -0.369 e. The molecule has 0 unspecified atom stereocenters. The second-order valence-electron chi connectivity index (χ2n) is 5.21. The molecular weight excluding hydrogens is 333 g/mol. The Hall–Kier alpha value is -1.59. The molecule has 0 aliphatic carbocycles. The van der Waals surface area contributed by atoms with E-state index in [0.717, 1.165) is 30.8 Å². The van der Waals surface area contributed by atoms with Gasteiger partial charge in [0.2, 0.25) is 5.95 Å². The van der Waals surface area contributed by atoms with E-state index in [-0.39, 0.29) is 0 Å². The van der Waals surface area contributed by atoms with Crippen LogP contribution in [-0.2, 0) is 6.42 Å². The molecule has 2 rings (SSSR count). The fourth-order valence-corrected chi connectivity index (χ4v) is 2.59. The molecule has 0 saturated carbocycles. The van der Waals surface area contributed by atoms with Crippen molar-refractivity contribution in [3.8, 4) is 0 Å². The Morgan fingerprint density at radius 3 is 2.74 bits per heavy atom. The summed E-state index contributed by atoms with van der Waals surface area (Å²) >= 11 is 12.0. The largest absolute Gasteiger partial charge is 0.369 e. The predicted molar refractivity (Wildman–Crippen MR) is 96.5 cm³/mol. The maximum Gasteiger partial charge on any atom is 0.244 e. The Morgan fingerprint density at radius 1 is 1.09 bits per heavy atom. The molecule has 1 aromatic carbocycles. The first-order chi connectivity index (χ1) is 11.2. The van der Waals surface area contributed by atoms with E-state index < -0.39 is 0 Å². The number of hydrogen-bond acceptors (Lipinski definition) is 5. The number of benzene rings is 1. The maximum absolute atomic E-state index is 6.15. The lowest BCUT2D eigenvalue weighted by atomic mass is 10.1. The molecule has 0 saturated heterocycles. The SMILES string of the molecule is CCCCCNc1cnnc(NCCc2ccc(Cl)cc2Cl)n1. The van der Waals surface area contributed by atoms with Gasteiger partial charge in [0.05, 0.1) is 6.20 Å². The van der Waals surface area contributed by atoms with Gasteiger partial charge in [0.1, 0.15) is 5.82 Å². The van der Waals surface area contributed by atoms with Crippen molar-refractivity contribution < 1.29 is 0 Å². The zero-order valence-electron chi connectivity index (χ0n) is 13.1. The van der Waals surface area contributed by atoms with E-state index in [1.54, 1.807) is 12.3 Å². The lowest BCUT2D eigenvalue weighted by Crippen LogP contribution is -2.11. The van der Waals surface area contributed by atoms with Crippen LogP contribution in [0.15, 0.2) is 24.4 Å². The van der Waals surface area contributed by atoms with Crippen LogP contribution < -0.4 is 10.6 Å². The molecular formula is C16H21Cl2N5. The van der Waals surface area contributed by atoms with E-state index in [9.17, 15) is 0 Å². The molecule has 23 heavy (non-hydrogen) atoms. The van der Waals surface area contributed by atoms with Crippen molar-refractivity contribution in [3.05, 3.63) is 40.0 Å². The summed E-state index contributed by atoms with van der Waals surface area (Å²) in [4.78, 5) is 4.39. The number of halogens is 2. The van der Waals surface area contributed by atoms with Crippen LogP contribution in [0.5, 0.6) is 0 Å². The summed E-state index contributed by atoms with van der Waals surface area (Å²) in [6.07, 6.45) is 5.92. The maximum atomic E-state index is 6.15. The van der Waals surface area contributed by atoms with Crippen molar-refractivity contribution >= 4 is 35.0 Å². The number of hydrogen-bond donors (Lipinski definition) is 2. The number of rotatable bonds is 9. The quantitative estimate of drug-likeness (QED) is 0.652. The molecule has 0 amide bonds. The zero-order chi connectivity index (χ0) is 16.5. The minimum atomic E-state index is 0.510. The molecule has 2 N–H and O–H groups in total. The first-order valence-corrected chi connectivity index (χ1v) is 8.56. The summed E-state index contributed by atoms with van der Waals surface area (Å²) in [7, 11) is 0. The van der Waals surface area contributed by atoms with Crippen LogP contribution in [0, 0.1) is 0 Å². The van der Waals surface area contributed by atoms with Gasteiger partial charge in [0.25, 0.3) is 0 Å². The van der Waals surface area contributed by atoms with E-state index in [4.69, 9.17) is 23.2 Å². The lowest BCUT2D eigenvalue weighted by Gasteiger charge is -2.08. The topological polar surface area (TPSA) is 62.7 Å².